The number of rotatable bonds is 6. The molecule has 154 valence electrons. The Balaban J connectivity index is 1.60. The van der Waals surface area contributed by atoms with Crippen molar-refractivity contribution in [2.75, 3.05) is 33.1 Å². The van der Waals surface area contributed by atoms with Crippen LogP contribution >= 0.6 is 0 Å². The summed E-state index contributed by atoms with van der Waals surface area (Å²) in [5.74, 6) is 0.277. The van der Waals surface area contributed by atoms with Gasteiger partial charge in [0, 0.05) is 25.1 Å². The first-order valence-corrected chi connectivity index (χ1v) is 10.5. The maximum Gasteiger partial charge on any atom is 0.302 e. The lowest BCUT2D eigenvalue weighted by Crippen LogP contribution is -2.44. The molecule has 1 amide bonds. The van der Waals surface area contributed by atoms with Crippen LogP contribution in [0.5, 0.6) is 11.5 Å². The number of piperidine rings is 1. The maximum absolute atomic E-state index is 12.8. The second-order valence-corrected chi connectivity index (χ2v) is 8.29. The highest BCUT2D eigenvalue weighted by molar-refractivity contribution is 7.86. The van der Waals surface area contributed by atoms with Crippen LogP contribution in [-0.2, 0) is 19.9 Å². The van der Waals surface area contributed by atoms with Crippen molar-refractivity contribution in [3.63, 3.8) is 0 Å². The molecule has 0 aliphatic carbocycles. The molecule has 0 radical (unpaired) electrons. The molecule has 1 unspecified atom stereocenters. The van der Waals surface area contributed by atoms with Gasteiger partial charge in [-0.05, 0) is 37.0 Å². The first kappa shape index (κ1) is 20.4. The minimum absolute atomic E-state index is 0.206. The van der Waals surface area contributed by atoms with E-state index >= 15 is 0 Å². The third kappa shape index (κ3) is 4.73. The van der Waals surface area contributed by atoms with Gasteiger partial charge in [-0.1, -0.05) is 5.16 Å². The van der Waals surface area contributed by atoms with E-state index in [9.17, 15) is 17.1 Å². The van der Waals surface area contributed by atoms with Crippen LogP contribution < -0.4 is 9.47 Å². The molecule has 2 aliphatic rings. The van der Waals surface area contributed by atoms with Crippen molar-refractivity contribution in [3.05, 3.63) is 23.8 Å². The number of carbonyl (C=O) groups excluding carboxylic acids is 1. The highest BCUT2D eigenvalue weighted by Crippen LogP contribution is 2.29. The van der Waals surface area contributed by atoms with Gasteiger partial charge in [0.05, 0.1) is 25.7 Å². The summed E-state index contributed by atoms with van der Waals surface area (Å²) in [5.41, 5.74) is 1.29. The van der Waals surface area contributed by atoms with Gasteiger partial charge in [0.1, 0.15) is 11.5 Å². The van der Waals surface area contributed by atoms with Crippen LogP contribution in [0.15, 0.2) is 23.4 Å². The van der Waals surface area contributed by atoms with Crippen LogP contribution in [0.2, 0.25) is 0 Å². The van der Waals surface area contributed by atoms with Crippen LogP contribution in [0.4, 0.5) is 3.89 Å². The predicted octanol–water partition coefficient (Wildman–Crippen LogP) is 1.73. The number of methoxy groups -OCH3 is 2. The topological polar surface area (TPSA) is 94.5 Å². The zero-order valence-electron chi connectivity index (χ0n) is 15.8. The molecule has 1 aromatic rings. The summed E-state index contributed by atoms with van der Waals surface area (Å²) in [6, 6.07) is 5.30. The van der Waals surface area contributed by atoms with Crippen molar-refractivity contribution < 1.29 is 31.4 Å². The lowest BCUT2D eigenvalue weighted by atomic mass is 9.97. The number of hydrogen-bond donors (Lipinski definition) is 0. The average Bonchev–Trinajstić information content (AvgIpc) is 3.16. The fraction of sp³-hybridized carbons (Fsp3) is 0.556. The molecule has 0 bridgehead atoms. The summed E-state index contributed by atoms with van der Waals surface area (Å²) in [5, 5.41) is 4.06. The summed E-state index contributed by atoms with van der Waals surface area (Å²) >= 11 is 0. The van der Waals surface area contributed by atoms with Crippen molar-refractivity contribution >= 4 is 21.8 Å². The van der Waals surface area contributed by atoms with Crippen molar-refractivity contribution in [3.8, 4) is 11.5 Å². The molecule has 28 heavy (non-hydrogen) atoms. The number of benzene rings is 1. The Kier molecular flexibility index (Phi) is 6.07. The normalized spacial score (nSPS) is 20.5. The molecule has 0 saturated carbocycles. The summed E-state index contributed by atoms with van der Waals surface area (Å²) in [6.07, 6.45) is 0.437. The quantitative estimate of drug-likeness (QED) is 0.658. The second-order valence-electron chi connectivity index (χ2n) is 6.88. The van der Waals surface area contributed by atoms with Crippen LogP contribution in [-0.4, -0.2) is 64.1 Å². The summed E-state index contributed by atoms with van der Waals surface area (Å²) in [7, 11) is -1.39. The molecule has 1 aromatic carbocycles. The van der Waals surface area contributed by atoms with Gasteiger partial charge < -0.3 is 19.2 Å². The number of carbonyl (C=O) groups is 1. The van der Waals surface area contributed by atoms with Crippen molar-refractivity contribution in [1.29, 1.82) is 0 Å². The van der Waals surface area contributed by atoms with E-state index in [4.69, 9.17) is 14.3 Å². The second kappa shape index (κ2) is 8.34. The number of likely N-dealkylation sites (tertiary alicyclic amines) is 1. The summed E-state index contributed by atoms with van der Waals surface area (Å²) in [6.45, 7) is 0.743. The molecule has 2 heterocycles. The number of oxime groups is 1. The molecule has 3 rings (SSSR count). The Bertz CT molecular complexity index is 865. The van der Waals surface area contributed by atoms with Gasteiger partial charge in [0.25, 0.3) is 5.91 Å². The van der Waals surface area contributed by atoms with E-state index in [-0.39, 0.29) is 11.8 Å². The minimum atomic E-state index is -4.50. The molecule has 2 aliphatic heterocycles. The van der Waals surface area contributed by atoms with Gasteiger partial charge in [0.15, 0.2) is 0 Å². The van der Waals surface area contributed by atoms with Gasteiger partial charge in [-0.2, -0.15) is 8.42 Å². The molecule has 1 atom stereocenters. The number of halogens is 1. The van der Waals surface area contributed by atoms with Crippen LogP contribution in [0.3, 0.4) is 0 Å². The molecule has 1 fully saturated rings. The smallest absolute Gasteiger partial charge is 0.302 e. The number of ether oxygens (including phenoxy) is 2. The fourth-order valence-corrected chi connectivity index (χ4v) is 4.41. The minimum Gasteiger partial charge on any atom is -0.497 e. The summed E-state index contributed by atoms with van der Waals surface area (Å²) < 4.78 is 45.0. The van der Waals surface area contributed by atoms with Gasteiger partial charge in [-0.25, -0.2) is 0 Å². The lowest BCUT2D eigenvalue weighted by molar-refractivity contribution is -0.143. The average molecular weight is 414 g/mol. The monoisotopic (exact) mass is 414 g/mol. The maximum atomic E-state index is 12.8. The van der Waals surface area contributed by atoms with Crippen molar-refractivity contribution in [1.82, 2.24) is 4.90 Å². The zero-order chi connectivity index (χ0) is 20.3. The van der Waals surface area contributed by atoms with Gasteiger partial charge in [-0.3, -0.25) is 4.79 Å². The van der Waals surface area contributed by atoms with E-state index in [0.29, 0.717) is 55.1 Å². The third-order valence-electron chi connectivity index (χ3n) is 5.02. The Hall–Kier alpha value is -2.36. The number of hydrogen-bond acceptors (Lipinski definition) is 7. The fourth-order valence-electron chi connectivity index (χ4n) is 3.51. The lowest BCUT2D eigenvalue weighted by Gasteiger charge is -2.32. The van der Waals surface area contributed by atoms with E-state index in [0.717, 1.165) is 0 Å². The number of nitrogens with zero attached hydrogens (tertiary/aromatic N) is 2. The first-order chi connectivity index (χ1) is 13.3. The van der Waals surface area contributed by atoms with Crippen LogP contribution in [0.1, 0.15) is 24.8 Å². The SMILES string of the molecule is COc1ccc(OC)c(C2=NOC(C(=O)N3CCC(CS(=O)(=O)F)CC3)C2)c1. The molecule has 10 heteroatoms. The van der Waals surface area contributed by atoms with Gasteiger partial charge >= 0.3 is 10.2 Å². The number of amides is 1. The molecule has 0 aromatic heterocycles. The van der Waals surface area contributed by atoms with Crippen molar-refractivity contribution in [2.24, 2.45) is 11.1 Å². The van der Waals surface area contributed by atoms with Gasteiger partial charge in [-0.15, -0.1) is 3.89 Å². The molecule has 0 N–H and O–H groups in total. The van der Waals surface area contributed by atoms with E-state index in [2.05, 4.69) is 5.16 Å². The largest absolute Gasteiger partial charge is 0.497 e. The molecule has 0 spiro atoms. The molecular formula is C18H23FN2O6S. The molecule has 8 nitrogen and oxygen atoms in total. The van der Waals surface area contributed by atoms with Crippen LogP contribution in [0, 0.1) is 5.92 Å². The Morgan fingerprint density at radius 3 is 2.61 bits per heavy atom. The standard InChI is InChI=1S/C18H23FN2O6S/c1-25-13-3-4-16(26-2)14(9-13)15-10-17(27-20-15)18(22)21-7-5-12(6-8-21)11-28(19,23)24/h3-4,9,12,17H,5-8,10-11H2,1-2H3. The molecule has 1 saturated heterocycles. The Labute approximate surface area is 163 Å². The van der Waals surface area contributed by atoms with E-state index in [1.165, 1.54) is 0 Å². The predicted molar refractivity (Wildman–Crippen MR) is 99.8 cm³/mol. The van der Waals surface area contributed by atoms with Gasteiger partial charge in [0.2, 0.25) is 6.10 Å². The summed E-state index contributed by atoms with van der Waals surface area (Å²) in [4.78, 5) is 19.7. The first-order valence-electron chi connectivity index (χ1n) is 8.97. The third-order valence-corrected chi connectivity index (χ3v) is 5.89. The zero-order valence-corrected chi connectivity index (χ0v) is 16.6. The molecular weight excluding hydrogens is 391 g/mol. The van der Waals surface area contributed by atoms with Crippen molar-refractivity contribution in [2.45, 2.75) is 25.4 Å². The Morgan fingerprint density at radius 1 is 1.29 bits per heavy atom. The Morgan fingerprint density at radius 2 is 2.00 bits per heavy atom. The van der Waals surface area contributed by atoms with Crippen LogP contribution in [0.25, 0.3) is 0 Å². The van der Waals surface area contributed by atoms with E-state index < -0.39 is 22.1 Å². The highest BCUT2D eigenvalue weighted by Gasteiger charge is 2.35. The van der Waals surface area contributed by atoms with E-state index in [1.807, 2.05) is 0 Å². The highest BCUT2D eigenvalue weighted by atomic mass is 32.3. The van der Waals surface area contributed by atoms with E-state index in [1.54, 1.807) is 37.3 Å².